The first-order valence-corrected chi connectivity index (χ1v) is 5.84. The molecule has 0 bridgehead atoms. The third-order valence-electron chi connectivity index (χ3n) is 2.63. The third-order valence-corrected chi connectivity index (χ3v) is 4.28. The summed E-state index contributed by atoms with van der Waals surface area (Å²) in [5.74, 6) is 2.11. The Hall–Kier alpha value is 0.270. The normalized spacial score (nSPS) is 43.2. The average molecular weight is 187 g/mol. The van der Waals surface area contributed by atoms with E-state index in [1.807, 2.05) is 0 Å². The summed E-state index contributed by atoms with van der Waals surface area (Å²) in [5, 5.41) is 4.34. The van der Waals surface area contributed by atoms with Gasteiger partial charge in [-0.3, -0.25) is 0 Å². The number of hydrogen-bond acceptors (Lipinski definition) is 3. The van der Waals surface area contributed by atoms with E-state index in [1.54, 1.807) is 0 Å². The van der Waals surface area contributed by atoms with Crippen LogP contribution in [-0.4, -0.2) is 36.8 Å². The molecule has 2 rings (SSSR count). The van der Waals surface area contributed by atoms with Gasteiger partial charge in [0.05, 0.1) is 6.61 Å². The van der Waals surface area contributed by atoms with Gasteiger partial charge in [0.1, 0.15) is 0 Å². The first-order valence-electron chi connectivity index (χ1n) is 4.79. The van der Waals surface area contributed by atoms with Crippen LogP contribution >= 0.6 is 11.8 Å². The van der Waals surface area contributed by atoms with Gasteiger partial charge in [-0.25, -0.2) is 0 Å². The summed E-state index contributed by atoms with van der Waals surface area (Å²) in [7, 11) is 0. The van der Waals surface area contributed by atoms with Crippen molar-refractivity contribution >= 4 is 11.8 Å². The second-order valence-electron chi connectivity index (χ2n) is 3.86. The van der Waals surface area contributed by atoms with Gasteiger partial charge in [0.25, 0.3) is 0 Å². The molecule has 70 valence electrons. The molecule has 2 nitrogen and oxygen atoms in total. The number of rotatable bonds is 0. The molecule has 1 N–H and O–H groups in total. The highest BCUT2D eigenvalue weighted by Gasteiger charge is 2.28. The molecule has 3 unspecified atom stereocenters. The molecule has 0 amide bonds. The zero-order chi connectivity index (χ0) is 8.39. The maximum atomic E-state index is 5.47. The predicted molar refractivity (Wildman–Crippen MR) is 52.6 cm³/mol. The van der Waals surface area contributed by atoms with Crippen LogP contribution in [0, 0.1) is 5.92 Å². The summed E-state index contributed by atoms with van der Waals surface area (Å²) in [6, 6.07) is 0.716. The van der Waals surface area contributed by atoms with E-state index in [0.717, 1.165) is 19.1 Å². The summed E-state index contributed by atoms with van der Waals surface area (Å²) in [6.07, 6.45) is 1.20. The van der Waals surface area contributed by atoms with Crippen LogP contribution in [0.2, 0.25) is 0 Å². The van der Waals surface area contributed by atoms with Crippen LogP contribution < -0.4 is 5.32 Å². The van der Waals surface area contributed by atoms with E-state index in [2.05, 4.69) is 24.0 Å². The molecule has 0 aromatic heterocycles. The lowest BCUT2D eigenvalue weighted by atomic mass is 10.1. The van der Waals surface area contributed by atoms with Gasteiger partial charge in [0.2, 0.25) is 0 Å². The van der Waals surface area contributed by atoms with E-state index < -0.39 is 0 Å². The molecule has 3 heteroatoms. The number of ether oxygens (including phenoxy) is 1. The number of nitrogens with one attached hydrogen (secondary N) is 1. The average Bonchev–Trinajstić information content (AvgIpc) is 2.29. The Morgan fingerprint density at radius 3 is 3.33 bits per heavy atom. The number of fused-ring (bicyclic) bond motifs is 1. The standard InChI is InChI=1S/C9H17NOS/c1-7-4-10-8-2-3-11-5-9(8)12-6-7/h7-10H,2-6H2,1H3. The molecular formula is C9H17NOS. The Morgan fingerprint density at radius 2 is 2.42 bits per heavy atom. The lowest BCUT2D eigenvalue weighted by Crippen LogP contribution is -2.44. The minimum atomic E-state index is 0.712. The fourth-order valence-corrected chi connectivity index (χ4v) is 3.16. The van der Waals surface area contributed by atoms with Crippen molar-refractivity contribution in [2.24, 2.45) is 5.92 Å². The Balaban J connectivity index is 1.94. The van der Waals surface area contributed by atoms with Crippen LogP contribution in [0.5, 0.6) is 0 Å². The van der Waals surface area contributed by atoms with Gasteiger partial charge in [-0.1, -0.05) is 6.92 Å². The van der Waals surface area contributed by atoms with E-state index in [4.69, 9.17) is 4.74 Å². The summed E-state index contributed by atoms with van der Waals surface area (Å²) in [6.45, 7) is 5.41. The first-order chi connectivity index (χ1) is 5.86. The van der Waals surface area contributed by atoms with Crippen molar-refractivity contribution in [2.45, 2.75) is 24.6 Å². The molecule has 12 heavy (non-hydrogen) atoms. The van der Waals surface area contributed by atoms with Crippen molar-refractivity contribution in [1.82, 2.24) is 5.32 Å². The molecule has 2 aliphatic heterocycles. The molecule has 2 heterocycles. The van der Waals surface area contributed by atoms with Gasteiger partial charge < -0.3 is 10.1 Å². The Bertz CT molecular complexity index is 137. The topological polar surface area (TPSA) is 21.3 Å². The maximum absolute atomic E-state index is 5.47. The van der Waals surface area contributed by atoms with Gasteiger partial charge in [0.15, 0.2) is 0 Å². The SMILES string of the molecule is CC1CNC2CCOCC2SC1. The van der Waals surface area contributed by atoms with E-state index in [1.165, 1.54) is 18.7 Å². The van der Waals surface area contributed by atoms with E-state index >= 15 is 0 Å². The Morgan fingerprint density at radius 1 is 1.50 bits per heavy atom. The molecule has 0 aromatic carbocycles. The highest BCUT2D eigenvalue weighted by molar-refractivity contribution is 8.00. The molecule has 2 fully saturated rings. The van der Waals surface area contributed by atoms with E-state index in [9.17, 15) is 0 Å². The van der Waals surface area contributed by atoms with Crippen LogP contribution in [-0.2, 0) is 4.74 Å². The largest absolute Gasteiger partial charge is 0.380 e. The van der Waals surface area contributed by atoms with Crippen LogP contribution in [0.25, 0.3) is 0 Å². The molecule has 0 aromatic rings. The monoisotopic (exact) mass is 187 g/mol. The molecule has 0 spiro atoms. The van der Waals surface area contributed by atoms with Gasteiger partial charge in [0, 0.05) is 17.9 Å². The highest BCUT2D eigenvalue weighted by Crippen LogP contribution is 2.26. The van der Waals surface area contributed by atoms with Crippen LogP contribution in [0.3, 0.4) is 0 Å². The van der Waals surface area contributed by atoms with E-state index in [0.29, 0.717) is 11.3 Å². The molecular weight excluding hydrogens is 170 g/mol. The van der Waals surface area contributed by atoms with Crippen molar-refractivity contribution < 1.29 is 4.74 Å². The molecule has 0 saturated carbocycles. The van der Waals surface area contributed by atoms with Crippen molar-refractivity contribution in [3.63, 3.8) is 0 Å². The fourth-order valence-electron chi connectivity index (χ4n) is 1.81. The smallest absolute Gasteiger partial charge is 0.0600 e. The maximum Gasteiger partial charge on any atom is 0.0600 e. The Kier molecular flexibility index (Phi) is 2.94. The van der Waals surface area contributed by atoms with Gasteiger partial charge in [-0.05, 0) is 24.6 Å². The van der Waals surface area contributed by atoms with E-state index in [-0.39, 0.29) is 0 Å². The molecule has 0 radical (unpaired) electrons. The quantitative estimate of drug-likeness (QED) is 0.614. The van der Waals surface area contributed by atoms with Crippen molar-refractivity contribution in [2.75, 3.05) is 25.5 Å². The zero-order valence-corrected chi connectivity index (χ0v) is 8.40. The summed E-state index contributed by atoms with van der Waals surface area (Å²) < 4.78 is 5.47. The minimum absolute atomic E-state index is 0.712. The lowest BCUT2D eigenvalue weighted by Gasteiger charge is -2.29. The first kappa shape index (κ1) is 8.85. The minimum Gasteiger partial charge on any atom is -0.380 e. The second-order valence-corrected chi connectivity index (χ2v) is 5.13. The molecule has 2 saturated heterocycles. The van der Waals surface area contributed by atoms with Gasteiger partial charge in [-0.2, -0.15) is 11.8 Å². The third kappa shape index (κ3) is 1.95. The summed E-state index contributed by atoms with van der Waals surface area (Å²) >= 11 is 2.09. The van der Waals surface area contributed by atoms with Crippen molar-refractivity contribution in [3.05, 3.63) is 0 Å². The summed E-state index contributed by atoms with van der Waals surface area (Å²) in [5.41, 5.74) is 0. The molecule has 2 aliphatic rings. The predicted octanol–water partition coefficient (Wildman–Crippen LogP) is 1.12. The van der Waals surface area contributed by atoms with Crippen LogP contribution in [0.1, 0.15) is 13.3 Å². The van der Waals surface area contributed by atoms with Crippen LogP contribution in [0.15, 0.2) is 0 Å². The highest BCUT2D eigenvalue weighted by atomic mass is 32.2. The number of hydrogen-bond donors (Lipinski definition) is 1. The zero-order valence-electron chi connectivity index (χ0n) is 7.58. The Labute approximate surface area is 78.4 Å². The second kappa shape index (κ2) is 3.99. The van der Waals surface area contributed by atoms with Crippen molar-refractivity contribution in [3.8, 4) is 0 Å². The molecule has 3 atom stereocenters. The molecule has 0 aliphatic carbocycles. The fraction of sp³-hybridized carbons (Fsp3) is 1.00. The van der Waals surface area contributed by atoms with Crippen molar-refractivity contribution in [1.29, 1.82) is 0 Å². The van der Waals surface area contributed by atoms with Crippen LogP contribution in [0.4, 0.5) is 0 Å². The van der Waals surface area contributed by atoms with Gasteiger partial charge >= 0.3 is 0 Å². The number of thioether (sulfide) groups is 1. The van der Waals surface area contributed by atoms with Gasteiger partial charge in [-0.15, -0.1) is 0 Å². The lowest BCUT2D eigenvalue weighted by molar-refractivity contribution is 0.0837. The summed E-state index contributed by atoms with van der Waals surface area (Å²) in [4.78, 5) is 0.